The van der Waals surface area contributed by atoms with E-state index < -0.39 is 0 Å². The van der Waals surface area contributed by atoms with E-state index >= 15 is 0 Å². The van der Waals surface area contributed by atoms with E-state index in [0.717, 1.165) is 17.9 Å². The van der Waals surface area contributed by atoms with Gasteiger partial charge in [0.05, 0.1) is 0 Å². The van der Waals surface area contributed by atoms with Gasteiger partial charge in [-0.2, -0.15) is 0 Å². The van der Waals surface area contributed by atoms with E-state index in [1.807, 2.05) is 0 Å². The minimum absolute atomic E-state index is 0.751. The molecule has 1 aliphatic carbocycles. The number of hydrogen-bond acceptors (Lipinski definition) is 1. The van der Waals surface area contributed by atoms with Gasteiger partial charge in [-0.3, -0.25) is 0 Å². The van der Waals surface area contributed by atoms with E-state index in [0.29, 0.717) is 0 Å². The summed E-state index contributed by atoms with van der Waals surface area (Å²) in [5.41, 5.74) is 0. The lowest BCUT2D eigenvalue weighted by molar-refractivity contribution is 0.333. The fourth-order valence-corrected chi connectivity index (χ4v) is 2.71. The Kier molecular flexibility index (Phi) is 5.54. The minimum atomic E-state index is 0.751. The average molecular weight is 197 g/mol. The van der Waals surface area contributed by atoms with Gasteiger partial charge in [-0.25, -0.2) is 0 Å². The van der Waals surface area contributed by atoms with E-state index in [1.165, 1.54) is 44.9 Å². The zero-order valence-electron chi connectivity index (χ0n) is 10.2. The van der Waals surface area contributed by atoms with E-state index in [4.69, 9.17) is 0 Å². The van der Waals surface area contributed by atoms with Crippen LogP contribution in [0.5, 0.6) is 0 Å². The first-order valence-corrected chi connectivity index (χ1v) is 6.45. The summed E-state index contributed by atoms with van der Waals surface area (Å²) in [5, 5.41) is 3.48. The van der Waals surface area contributed by atoms with Crippen LogP contribution in [0.3, 0.4) is 0 Å². The predicted octanol–water partition coefficient (Wildman–Crippen LogP) is 3.59. The van der Waals surface area contributed by atoms with Crippen molar-refractivity contribution in [2.45, 2.75) is 64.8 Å². The van der Waals surface area contributed by atoms with Crippen molar-refractivity contribution >= 4 is 0 Å². The maximum Gasteiger partial charge on any atom is 0.00896 e. The lowest BCUT2D eigenvalue weighted by Crippen LogP contribution is -2.32. The van der Waals surface area contributed by atoms with Gasteiger partial charge in [0.15, 0.2) is 0 Å². The molecule has 2 unspecified atom stereocenters. The normalized spacial score (nSPS) is 22.5. The van der Waals surface area contributed by atoms with Gasteiger partial charge in [0.2, 0.25) is 0 Å². The molecule has 1 fully saturated rings. The van der Waals surface area contributed by atoms with Gasteiger partial charge < -0.3 is 5.32 Å². The lowest BCUT2D eigenvalue weighted by Gasteiger charge is -2.23. The van der Waals surface area contributed by atoms with Gasteiger partial charge in [-0.1, -0.05) is 46.0 Å². The molecule has 0 amide bonds. The van der Waals surface area contributed by atoms with Crippen molar-refractivity contribution in [3.8, 4) is 0 Å². The molecule has 14 heavy (non-hydrogen) atoms. The Bertz CT molecular complexity index is 138. The van der Waals surface area contributed by atoms with Gasteiger partial charge in [-0.05, 0) is 31.7 Å². The molecule has 1 nitrogen and oxygen atoms in total. The highest BCUT2D eigenvalue weighted by molar-refractivity contribution is 4.74. The molecule has 1 heteroatoms. The summed E-state index contributed by atoms with van der Waals surface area (Å²) in [6, 6.07) is 0.751. The second-order valence-electron chi connectivity index (χ2n) is 5.01. The molecule has 0 aromatic heterocycles. The highest BCUT2D eigenvalue weighted by Gasteiger charge is 2.18. The molecule has 0 aromatic rings. The Hall–Kier alpha value is -0.0400. The molecule has 0 saturated heterocycles. The fraction of sp³-hybridized carbons (Fsp3) is 1.00. The summed E-state index contributed by atoms with van der Waals surface area (Å²) in [6.45, 7) is 4.67. The van der Waals surface area contributed by atoms with Crippen LogP contribution in [0.2, 0.25) is 0 Å². The Balaban J connectivity index is 2.19. The van der Waals surface area contributed by atoms with Crippen LogP contribution in [0.1, 0.15) is 58.8 Å². The molecule has 84 valence electrons. The topological polar surface area (TPSA) is 12.0 Å². The van der Waals surface area contributed by atoms with Crippen molar-refractivity contribution < 1.29 is 0 Å². The van der Waals surface area contributed by atoms with E-state index in [2.05, 4.69) is 26.2 Å². The monoisotopic (exact) mass is 197 g/mol. The van der Waals surface area contributed by atoms with Gasteiger partial charge in [0.25, 0.3) is 0 Å². The van der Waals surface area contributed by atoms with Crippen LogP contribution in [0.25, 0.3) is 0 Å². The molecule has 0 aromatic carbocycles. The Morgan fingerprint density at radius 3 is 2.43 bits per heavy atom. The Labute approximate surface area is 89.7 Å². The van der Waals surface area contributed by atoms with E-state index in [9.17, 15) is 0 Å². The van der Waals surface area contributed by atoms with Crippen molar-refractivity contribution in [1.29, 1.82) is 0 Å². The Morgan fingerprint density at radius 2 is 1.93 bits per heavy atom. The third-order valence-corrected chi connectivity index (χ3v) is 4.06. The molecule has 0 aliphatic heterocycles. The minimum Gasteiger partial charge on any atom is -0.317 e. The van der Waals surface area contributed by atoms with Crippen LogP contribution >= 0.6 is 0 Å². The highest BCUT2D eigenvalue weighted by Crippen LogP contribution is 2.29. The van der Waals surface area contributed by atoms with Gasteiger partial charge >= 0.3 is 0 Å². The predicted molar refractivity (Wildman–Crippen MR) is 63.5 cm³/mol. The van der Waals surface area contributed by atoms with Crippen molar-refractivity contribution in [2.75, 3.05) is 7.05 Å². The quantitative estimate of drug-likeness (QED) is 0.686. The maximum atomic E-state index is 3.48. The molecule has 1 rings (SSSR count). The average Bonchev–Trinajstić information content (AvgIpc) is 2.71. The van der Waals surface area contributed by atoms with Gasteiger partial charge in [-0.15, -0.1) is 0 Å². The summed E-state index contributed by atoms with van der Waals surface area (Å²) in [4.78, 5) is 0. The summed E-state index contributed by atoms with van der Waals surface area (Å²) < 4.78 is 0. The van der Waals surface area contributed by atoms with Crippen LogP contribution in [-0.2, 0) is 0 Å². The molecule has 2 atom stereocenters. The second-order valence-corrected chi connectivity index (χ2v) is 5.01. The second kappa shape index (κ2) is 6.44. The number of nitrogens with one attached hydrogen (secondary N) is 1. The summed E-state index contributed by atoms with van der Waals surface area (Å²) >= 11 is 0. The van der Waals surface area contributed by atoms with Crippen molar-refractivity contribution in [1.82, 2.24) is 5.32 Å². The molecule has 1 N–H and O–H groups in total. The summed E-state index contributed by atoms with van der Waals surface area (Å²) in [7, 11) is 2.12. The Morgan fingerprint density at radius 1 is 1.29 bits per heavy atom. The van der Waals surface area contributed by atoms with Crippen LogP contribution in [0, 0.1) is 11.8 Å². The van der Waals surface area contributed by atoms with E-state index in [1.54, 1.807) is 0 Å². The zero-order valence-corrected chi connectivity index (χ0v) is 10.2. The first kappa shape index (κ1) is 12.0. The smallest absolute Gasteiger partial charge is 0.00896 e. The molecule has 0 bridgehead atoms. The molecule has 0 heterocycles. The van der Waals surface area contributed by atoms with Crippen LogP contribution in [-0.4, -0.2) is 13.1 Å². The number of rotatable bonds is 6. The first-order valence-electron chi connectivity index (χ1n) is 6.45. The molecular formula is C13H27N. The summed E-state index contributed by atoms with van der Waals surface area (Å²) in [6.07, 6.45) is 10.1. The zero-order chi connectivity index (χ0) is 10.4. The van der Waals surface area contributed by atoms with E-state index in [-0.39, 0.29) is 0 Å². The summed E-state index contributed by atoms with van der Waals surface area (Å²) in [5.74, 6) is 1.89. The lowest BCUT2D eigenvalue weighted by atomic mass is 9.91. The van der Waals surface area contributed by atoms with Crippen molar-refractivity contribution in [3.63, 3.8) is 0 Å². The fourth-order valence-electron chi connectivity index (χ4n) is 2.71. The van der Waals surface area contributed by atoms with Crippen molar-refractivity contribution in [2.24, 2.45) is 11.8 Å². The van der Waals surface area contributed by atoms with Gasteiger partial charge in [0.1, 0.15) is 0 Å². The van der Waals surface area contributed by atoms with Crippen LogP contribution in [0.4, 0.5) is 0 Å². The van der Waals surface area contributed by atoms with Crippen molar-refractivity contribution in [3.05, 3.63) is 0 Å². The third kappa shape index (κ3) is 3.61. The van der Waals surface area contributed by atoms with Crippen LogP contribution in [0.15, 0.2) is 0 Å². The molecule has 0 radical (unpaired) electrons. The molecule has 1 saturated carbocycles. The molecule has 0 spiro atoms. The molecule has 1 aliphatic rings. The third-order valence-electron chi connectivity index (χ3n) is 4.06. The first-order chi connectivity index (χ1) is 6.77. The van der Waals surface area contributed by atoms with Gasteiger partial charge in [0, 0.05) is 6.04 Å². The largest absolute Gasteiger partial charge is 0.317 e. The van der Waals surface area contributed by atoms with Crippen LogP contribution < -0.4 is 5.32 Å². The number of hydrogen-bond donors (Lipinski definition) is 1. The maximum absolute atomic E-state index is 3.48. The molecular weight excluding hydrogens is 170 g/mol. The SMILES string of the molecule is CCC(C)C(CCC1CCCC1)NC. The standard InChI is InChI=1S/C13H27N/c1-4-11(2)13(14-3)10-9-12-7-5-6-8-12/h11-14H,4-10H2,1-3H3. The highest BCUT2D eigenvalue weighted by atomic mass is 14.9.